The molecule has 0 aromatic heterocycles. The summed E-state index contributed by atoms with van der Waals surface area (Å²) in [6.07, 6.45) is 2.58. The molecule has 0 N–H and O–H groups in total. The van der Waals surface area contributed by atoms with Gasteiger partial charge in [0.15, 0.2) is 6.29 Å². The fourth-order valence-corrected chi connectivity index (χ4v) is 1.48. The molecule has 0 aliphatic carbocycles. The van der Waals surface area contributed by atoms with Crippen LogP contribution < -0.4 is 0 Å². The molecule has 2 unspecified atom stereocenters. The Balaban J connectivity index is 4.06. The molecule has 0 aliphatic heterocycles. The molecule has 2 atom stereocenters. The quantitative estimate of drug-likeness (QED) is 0.452. The lowest BCUT2D eigenvalue weighted by Crippen LogP contribution is -2.26. The molecule has 0 amide bonds. The third-order valence-corrected chi connectivity index (χ3v) is 2.28. The van der Waals surface area contributed by atoms with Crippen molar-refractivity contribution in [2.75, 3.05) is 14.2 Å². The highest BCUT2D eigenvalue weighted by Gasteiger charge is 2.20. The first-order valence-corrected chi connectivity index (χ1v) is 4.70. The van der Waals surface area contributed by atoms with E-state index in [1.807, 2.05) is 6.92 Å². The third kappa shape index (κ3) is 4.39. The van der Waals surface area contributed by atoms with Crippen molar-refractivity contribution in [3.05, 3.63) is 0 Å². The summed E-state index contributed by atoms with van der Waals surface area (Å²) in [5, 5.41) is 0. The Bertz CT molecular complexity index is 132. The maximum atomic E-state index is 10.5. The summed E-state index contributed by atoms with van der Waals surface area (Å²) in [6, 6.07) is 0. The minimum atomic E-state index is -0.188. The maximum Gasteiger partial charge on any atom is 0.159 e. The van der Waals surface area contributed by atoms with E-state index in [-0.39, 0.29) is 12.2 Å². The highest BCUT2D eigenvalue weighted by Crippen LogP contribution is 2.20. The molecule has 0 aromatic rings. The Kier molecular flexibility index (Phi) is 6.82. The molecule has 0 rings (SSSR count). The van der Waals surface area contributed by atoms with Crippen LogP contribution in [-0.4, -0.2) is 26.8 Å². The van der Waals surface area contributed by atoms with Gasteiger partial charge in [0.05, 0.1) is 0 Å². The van der Waals surface area contributed by atoms with Crippen molar-refractivity contribution in [2.45, 2.75) is 33.0 Å². The number of hydrogen-bond donors (Lipinski definition) is 0. The lowest BCUT2D eigenvalue weighted by molar-refractivity contribution is -0.142. The highest BCUT2D eigenvalue weighted by molar-refractivity contribution is 5.52. The van der Waals surface area contributed by atoms with Gasteiger partial charge in [0.25, 0.3) is 0 Å². The first-order valence-electron chi connectivity index (χ1n) is 4.70. The van der Waals surface area contributed by atoms with Gasteiger partial charge in [0.2, 0.25) is 0 Å². The second kappa shape index (κ2) is 7.04. The van der Waals surface area contributed by atoms with Crippen molar-refractivity contribution in [1.82, 2.24) is 0 Å². The van der Waals surface area contributed by atoms with Crippen molar-refractivity contribution >= 4 is 6.29 Å². The third-order valence-electron chi connectivity index (χ3n) is 2.28. The van der Waals surface area contributed by atoms with E-state index in [1.54, 1.807) is 14.2 Å². The van der Waals surface area contributed by atoms with E-state index in [0.717, 1.165) is 19.1 Å². The van der Waals surface area contributed by atoms with Crippen LogP contribution in [0, 0.1) is 11.8 Å². The number of carbonyl (C=O) groups is 1. The van der Waals surface area contributed by atoms with E-state index in [0.29, 0.717) is 5.92 Å². The van der Waals surface area contributed by atoms with E-state index in [2.05, 4.69) is 6.92 Å². The Morgan fingerprint density at radius 1 is 1.31 bits per heavy atom. The van der Waals surface area contributed by atoms with E-state index in [1.165, 1.54) is 0 Å². The lowest BCUT2D eigenvalue weighted by Gasteiger charge is -2.24. The summed E-state index contributed by atoms with van der Waals surface area (Å²) in [5.74, 6) is 0.382. The monoisotopic (exact) mass is 188 g/mol. The van der Waals surface area contributed by atoms with E-state index < -0.39 is 0 Å². The van der Waals surface area contributed by atoms with Crippen molar-refractivity contribution < 1.29 is 14.3 Å². The number of hydrogen-bond acceptors (Lipinski definition) is 3. The van der Waals surface area contributed by atoms with E-state index >= 15 is 0 Å². The van der Waals surface area contributed by atoms with Crippen LogP contribution in [0.25, 0.3) is 0 Å². The Labute approximate surface area is 80.4 Å². The molecule has 3 heteroatoms. The molecular weight excluding hydrogens is 168 g/mol. The van der Waals surface area contributed by atoms with Gasteiger partial charge in [0, 0.05) is 26.1 Å². The molecule has 0 bridgehead atoms. The van der Waals surface area contributed by atoms with Gasteiger partial charge >= 0.3 is 0 Å². The van der Waals surface area contributed by atoms with Crippen LogP contribution in [0.1, 0.15) is 26.7 Å². The zero-order valence-electron chi connectivity index (χ0n) is 8.95. The van der Waals surface area contributed by atoms with Crippen LogP contribution in [0.4, 0.5) is 0 Å². The fourth-order valence-electron chi connectivity index (χ4n) is 1.48. The summed E-state index contributed by atoms with van der Waals surface area (Å²) in [7, 11) is 3.25. The van der Waals surface area contributed by atoms with Crippen LogP contribution >= 0.6 is 0 Å². The number of methoxy groups -OCH3 is 2. The van der Waals surface area contributed by atoms with E-state index in [9.17, 15) is 4.79 Å². The summed E-state index contributed by atoms with van der Waals surface area (Å²) in [4.78, 5) is 10.5. The Morgan fingerprint density at radius 2 is 1.85 bits per heavy atom. The smallest absolute Gasteiger partial charge is 0.159 e. The summed E-state index contributed by atoms with van der Waals surface area (Å²) >= 11 is 0. The average molecular weight is 188 g/mol. The number of aldehydes is 1. The van der Waals surface area contributed by atoms with Gasteiger partial charge in [-0.05, 0) is 12.8 Å². The fraction of sp³-hybridized carbons (Fsp3) is 0.900. The zero-order valence-corrected chi connectivity index (χ0v) is 8.95. The molecule has 0 aliphatic rings. The van der Waals surface area contributed by atoms with Gasteiger partial charge in [-0.1, -0.05) is 13.8 Å². The largest absolute Gasteiger partial charge is 0.356 e. The number of ether oxygens (including phenoxy) is 2. The van der Waals surface area contributed by atoms with Crippen LogP contribution in [0.3, 0.4) is 0 Å². The predicted molar refractivity (Wildman–Crippen MR) is 51.4 cm³/mol. The second-order valence-electron chi connectivity index (χ2n) is 3.36. The van der Waals surface area contributed by atoms with Gasteiger partial charge in [-0.25, -0.2) is 0 Å². The van der Waals surface area contributed by atoms with Crippen molar-refractivity contribution in [1.29, 1.82) is 0 Å². The molecule has 78 valence electrons. The molecule has 0 radical (unpaired) electrons. The minimum Gasteiger partial charge on any atom is -0.356 e. The number of rotatable bonds is 7. The zero-order chi connectivity index (χ0) is 10.3. The predicted octanol–water partition coefficient (Wildman–Crippen LogP) is 1.86. The standard InChI is InChI=1S/C10H20O3/c1-5-9(6-8(2)7-11)10(12-3)13-4/h7-10H,5-6H2,1-4H3. The van der Waals surface area contributed by atoms with Crippen LogP contribution in [0.2, 0.25) is 0 Å². The van der Waals surface area contributed by atoms with Crippen LogP contribution in [-0.2, 0) is 14.3 Å². The lowest BCUT2D eigenvalue weighted by atomic mass is 9.94. The molecule has 0 spiro atoms. The molecule has 3 nitrogen and oxygen atoms in total. The minimum absolute atomic E-state index is 0.0812. The van der Waals surface area contributed by atoms with Gasteiger partial charge in [-0.15, -0.1) is 0 Å². The van der Waals surface area contributed by atoms with E-state index in [4.69, 9.17) is 9.47 Å². The number of carbonyl (C=O) groups excluding carboxylic acids is 1. The summed E-state index contributed by atoms with van der Waals surface area (Å²) < 4.78 is 10.3. The summed E-state index contributed by atoms with van der Waals surface area (Å²) in [5.41, 5.74) is 0. The second-order valence-corrected chi connectivity index (χ2v) is 3.36. The first kappa shape index (κ1) is 12.6. The first-order chi connectivity index (χ1) is 6.19. The molecule has 0 aromatic carbocycles. The van der Waals surface area contributed by atoms with Crippen molar-refractivity contribution in [3.8, 4) is 0 Å². The summed E-state index contributed by atoms with van der Waals surface area (Å²) in [6.45, 7) is 3.99. The van der Waals surface area contributed by atoms with Gasteiger partial charge in [-0.2, -0.15) is 0 Å². The normalized spacial score (nSPS) is 15.8. The molecule has 0 saturated carbocycles. The topological polar surface area (TPSA) is 35.5 Å². The SMILES string of the molecule is CCC(CC(C)C=O)C(OC)OC. The van der Waals surface area contributed by atoms with Crippen LogP contribution in [0.15, 0.2) is 0 Å². The van der Waals surface area contributed by atoms with Crippen molar-refractivity contribution in [3.63, 3.8) is 0 Å². The average Bonchev–Trinajstić information content (AvgIpc) is 2.17. The molecule has 0 heterocycles. The molecular formula is C10H20O3. The maximum absolute atomic E-state index is 10.5. The van der Waals surface area contributed by atoms with Crippen LogP contribution in [0.5, 0.6) is 0 Å². The molecule has 0 fully saturated rings. The Hall–Kier alpha value is -0.410. The van der Waals surface area contributed by atoms with Crippen molar-refractivity contribution in [2.24, 2.45) is 11.8 Å². The van der Waals surface area contributed by atoms with Gasteiger partial charge < -0.3 is 14.3 Å². The molecule has 0 saturated heterocycles. The highest BCUT2D eigenvalue weighted by atomic mass is 16.7. The van der Waals surface area contributed by atoms with Gasteiger partial charge in [0.1, 0.15) is 6.29 Å². The Morgan fingerprint density at radius 3 is 2.15 bits per heavy atom. The molecule has 13 heavy (non-hydrogen) atoms. The van der Waals surface area contributed by atoms with Gasteiger partial charge in [-0.3, -0.25) is 0 Å².